The average molecular weight is 350 g/mol. The molecule has 26 heavy (non-hydrogen) atoms. The second-order valence-corrected chi connectivity index (χ2v) is 7.42. The zero-order valence-electron chi connectivity index (χ0n) is 14.7. The summed E-state index contributed by atoms with van der Waals surface area (Å²) in [6.07, 6.45) is 11.7. The molecule has 1 aliphatic carbocycles. The lowest BCUT2D eigenvalue weighted by atomic mass is 9.96. The first kappa shape index (κ1) is 15.5. The highest BCUT2D eigenvalue weighted by molar-refractivity contribution is 5.68. The summed E-state index contributed by atoms with van der Waals surface area (Å²) in [6, 6.07) is 3.73. The van der Waals surface area contributed by atoms with Crippen molar-refractivity contribution in [3.63, 3.8) is 0 Å². The van der Waals surface area contributed by atoms with Gasteiger partial charge in [0.2, 0.25) is 0 Å². The molecule has 0 unspecified atom stereocenters. The maximum atomic E-state index is 12.3. The maximum absolute atomic E-state index is 12.3. The van der Waals surface area contributed by atoms with Crippen molar-refractivity contribution in [2.75, 3.05) is 18.0 Å². The van der Waals surface area contributed by atoms with Crippen molar-refractivity contribution in [3.05, 3.63) is 53.1 Å². The van der Waals surface area contributed by atoms with Crippen LogP contribution in [0.5, 0.6) is 0 Å². The van der Waals surface area contributed by atoms with Crippen LogP contribution in [0.15, 0.2) is 41.8 Å². The monoisotopic (exact) mass is 350 g/mol. The number of fused-ring (bicyclic) bond motifs is 1. The number of rotatable bonds is 4. The first-order chi connectivity index (χ1) is 12.8. The van der Waals surface area contributed by atoms with E-state index in [1.165, 1.54) is 12.8 Å². The molecule has 2 aliphatic rings. The Morgan fingerprint density at radius 1 is 1.08 bits per heavy atom. The average Bonchev–Trinajstić information content (AvgIpc) is 3.40. The molecule has 0 bridgehead atoms. The van der Waals surface area contributed by atoms with Gasteiger partial charge < -0.3 is 4.90 Å². The fraction of sp³-hybridized carbons (Fsp3) is 0.474. The molecule has 0 N–H and O–H groups in total. The Morgan fingerprint density at radius 3 is 2.69 bits per heavy atom. The zero-order valence-corrected chi connectivity index (χ0v) is 14.7. The van der Waals surface area contributed by atoms with Crippen LogP contribution in [0.4, 0.5) is 5.82 Å². The van der Waals surface area contributed by atoms with Crippen molar-refractivity contribution < 1.29 is 0 Å². The van der Waals surface area contributed by atoms with Crippen LogP contribution in [0, 0.1) is 5.92 Å². The van der Waals surface area contributed by atoms with Crippen LogP contribution in [0.1, 0.15) is 37.3 Å². The molecule has 7 nitrogen and oxygen atoms in total. The molecular formula is C19H22N6O. The maximum Gasteiger partial charge on any atom is 0.253 e. The molecule has 7 heteroatoms. The van der Waals surface area contributed by atoms with Gasteiger partial charge in [-0.2, -0.15) is 5.10 Å². The Kier molecular flexibility index (Phi) is 3.72. The van der Waals surface area contributed by atoms with Crippen molar-refractivity contribution in [1.29, 1.82) is 0 Å². The fourth-order valence-corrected chi connectivity index (χ4v) is 3.87. The molecule has 1 aliphatic heterocycles. The van der Waals surface area contributed by atoms with E-state index in [0.29, 0.717) is 11.8 Å². The minimum absolute atomic E-state index is 0.0926. The normalized spacial score (nSPS) is 18.5. The molecule has 1 saturated carbocycles. The molecule has 4 heterocycles. The van der Waals surface area contributed by atoms with Gasteiger partial charge in [0, 0.05) is 44.0 Å². The molecule has 5 rings (SSSR count). The first-order valence-corrected chi connectivity index (χ1v) is 9.37. The number of aromatic nitrogens is 5. The molecule has 2 fully saturated rings. The van der Waals surface area contributed by atoms with E-state index in [1.54, 1.807) is 29.4 Å². The molecule has 1 saturated heterocycles. The van der Waals surface area contributed by atoms with Crippen LogP contribution >= 0.6 is 0 Å². The molecule has 0 radical (unpaired) electrons. The number of anilines is 1. The van der Waals surface area contributed by atoms with E-state index in [9.17, 15) is 4.79 Å². The van der Waals surface area contributed by atoms with E-state index < -0.39 is 0 Å². The molecule has 134 valence electrons. The number of nitrogens with zero attached hydrogens (tertiary/aromatic N) is 6. The SMILES string of the molecule is O=c1cc(C2CC2)ncn1CC1CCN(c2nccn3nccc23)CC1. The third-order valence-corrected chi connectivity index (χ3v) is 5.57. The molecule has 3 aromatic heterocycles. The summed E-state index contributed by atoms with van der Waals surface area (Å²) in [5.41, 5.74) is 2.11. The molecule has 0 aromatic carbocycles. The lowest BCUT2D eigenvalue weighted by Gasteiger charge is -2.33. The van der Waals surface area contributed by atoms with E-state index in [0.717, 1.165) is 49.5 Å². The Hall–Kier alpha value is -2.70. The summed E-state index contributed by atoms with van der Waals surface area (Å²) in [6.45, 7) is 2.66. The summed E-state index contributed by atoms with van der Waals surface area (Å²) >= 11 is 0. The van der Waals surface area contributed by atoms with Crippen molar-refractivity contribution in [1.82, 2.24) is 24.1 Å². The Morgan fingerprint density at radius 2 is 1.92 bits per heavy atom. The highest BCUT2D eigenvalue weighted by Crippen LogP contribution is 2.38. The van der Waals surface area contributed by atoms with Gasteiger partial charge in [-0.1, -0.05) is 0 Å². The van der Waals surface area contributed by atoms with E-state index in [4.69, 9.17) is 0 Å². The van der Waals surface area contributed by atoms with Crippen molar-refractivity contribution in [3.8, 4) is 0 Å². The van der Waals surface area contributed by atoms with Crippen LogP contribution in [0.3, 0.4) is 0 Å². The Bertz CT molecular complexity index is 981. The molecule has 3 aromatic rings. The van der Waals surface area contributed by atoms with E-state index >= 15 is 0 Å². The largest absolute Gasteiger partial charge is 0.355 e. The summed E-state index contributed by atoms with van der Waals surface area (Å²) in [5.74, 6) is 2.03. The van der Waals surface area contributed by atoms with Gasteiger partial charge in [0.05, 0.1) is 18.2 Å². The van der Waals surface area contributed by atoms with Gasteiger partial charge in [-0.15, -0.1) is 0 Å². The van der Waals surface area contributed by atoms with E-state index in [2.05, 4.69) is 20.0 Å². The van der Waals surface area contributed by atoms with Gasteiger partial charge in [-0.25, -0.2) is 14.5 Å². The van der Waals surface area contributed by atoms with E-state index in [-0.39, 0.29) is 5.56 Å². The first-order valence-electron chi connectivity index (χ1n) is 9.37. The highest BCUT2D eigenvalue weighted by atomic mass is 16.1. The van der Waals surface area contributed by atoms with Gasteiger partial charge in [0.25, 0.3) is 5.56 Å². The van der Waals surface area contributed by atoms with Crippen molar-refractivity contribution in [2.24, 2.45) is 5.92 Å². The summed E-state index contributed by atoms with van der Waals surface area (Å²) in [7, 11) is 0. The fourth-order valence-electron chi connectivity index (χ4n) is 3.87. The Labute approximate surface area is 151 Å². The van der Waals surface area contributed by atoms with Crippen molar-refractivity contribution >= 4 is 11.3 Å². The number of piperidine rings is 1. The molecule has 0 spiro atoms. The summed E-state index contributed by atoms with van der Waals surface area (Å²) in [4.78, 5) is 23.7. The van der Waals surface area contributed by atoms with Crippen molar-refractivity contribution in [2.45, 2.75) is 38.1 Å². The van der Waals surface area contributed by atoms with Gasteiger partial charge in [-0.3, -0.25) is 9.36 Å². The number of hydrogen-bond donors (Lipinski definition) is 0. The number of hydrogen-bond acceptors (Lipinski definition) is 5. The zero-order chi connectivity index (χ0) is 17.5. The second-order valence-electron chi connectivity index (χ2n) is 7.42. The van der Waals surface area contributed by atoms with E-state index in [1.807, 2.05) is 16.8 Å². The molecular weight excluding hydrogens is 328 g/mol. The topological polar surface area (TPSA) is 68.3 Å². The second kappa shape index (κ2) is 6.23. The van der Waals surface area contributed by atoms with Crippen LogP contribution in [-0.4, -0.2) is 37.2 Å². The van der Waals surface area contributed by atoms with Crippen LogP contribution in [0.25, 0.3) is 5.52 Å². The lowest BCUT2D eigenvalue weighted by Crippen LogP contribution is -2.37. The molecule has 0 amide bonds. The van der Waals surface area contributed by atoms with Crippen LogP contribution in [-0.2, 0) is 6.54 Å². The van der Waals surface area contributed by atoms with Gasteiger partial charge in [0.15, 0.2) is 5.82 Å². The highest BCUT2D eigenvalue weighted by Gasteiger charge is 2.26. The van der Waals surface area contributed by atoms with Gasteiger partial charge in [-0.05, 0) is 37.7 Å². The summed E-state index contributed by atoms with van der Waals surface area (Å²) in [5, 5.41) is 4.28. The lowest BCUT2D eigenvalue weighted by molar-refractivity contribution is 0.350. The molecule has 0 atom stereocenters. The summed E-state index contributed by atoms with van der Waals surface area (Å²) < 4.78 is 3.64. The predicted molar refractivity (Wildman–Crippen MR) is 98.4 cm³/mol. The minimum Gasteiger partial charge on any atom is -0.355 e. The third-order valence-electron chi connectivity index (χ3n) is 5.57. The minimum atomic E-state index is 0.0926. The van der Waals surface area contributed by atoms with Gasteiger partial charge >= 0.3 is 0 Å². The predicted octanol–water partition coefficient (Wildman–Crippen LogP) is 2.08. The smallest absolute Gasteiger partial charge is 0.253 e. The Balaban J connectivity index is 1.26. The quantitative estimate of drug-likeness (QED) is 0.721. The standard InChI is InChI=1S/C19H22N6O/c26-18-11-16(15-1-2-15)21-13-24(18)12-14-4-8-23(9-5-14)19-17-3-6-22-25(17)10-7-20-19/h3,6-7,10-11,13-15H,1-2,4-5,8-9,12H2. The van der Waals surface area contributed by atoms with Crippen LogP contribution < -0.4 is 10.5 Å². The third kappa shape index (κ3) is 2.87. The van der Waals surface area contributed by atoms with Gasteiger partial charge in [0.1, 0.15) is 5.52 Å². The van der Waals surface area contributed by atoms with Crippen LogP contribution in [0.2, 0.25) is 0 Å².